The van der Waals surface area contributed by atoms with Crippen molar-refractivity contribution < 1.29 is 19.4 Å². The van der Waals surface area contributed by atoms with Crippen molar-refractivity contribution >= 4 is 46.6 Å². The van der Waals surface area contributed by atoms with Crippen LogP contribution < -0.4 is 4.87 Å². The third-order valence-electron chi connectivity index (χ3n) is 8.21. The molecular weight excluding hydrogens is 506 g/mol. The van der Waals surface area contributed by atoms with Crippen LogP contribution in [0.3, 0.4) is 0 Å². The van der Waals surface area contributed by atoms with E-state index in [9.17, 15) is 19.5 Å². The molecule has 1 N–H and O–H groups in total. The number of carbonyl (C=O) groups excluding carboxylic acids is 2. The van der Waals surface area contributed by atoms with Gasteiger partial charge in [0.2, 0.25) is 0 Å². The predicted molar refractivity (Wildman–Crippen MR) is 132 cm³/mol. The van der Waals surface area contributed by atoms with Crippen LogP contribution in [0.15, 0.2) is 58.4 Å². The maximum Gasteiger partial charge on any atom is 0.317 e. The molecule has 2 aromatic carbocycles. The van der Waals surface area contributed by atoms with Crippen LogP contribution in [0.2, 0.25) is 5.02 Å². The summed E-state index contributed by atoms with van der Waals surface area (Å²) in [5.74, 6) is -1.63. The summed E-state index contributed by atoms with van der Waals surface area (Å²) in [4.78, 5) is 39.3. The van der Waals surface area contributed by atoms with Crippen LogP contribution in [-0.4, -0.2) is 26.9 Å². The molecule has 178 valence electrons. The van der Waals surface area contributed by atoms with Gasteiger partial charge in [-0.15, -0.1) is 11.8 Å². The van der Waals surface area contributed by atoms with Crippen LogP contribution in [0, 0.1) is 29.6 Å². The summed E-state index contributed by atoms with van der Waals surface area (Å²) in [6.45, 7) is 0.417. The van der Waals surface area contributed by atoms with E-state index in [1.165, 1.54) is 11.3 Å². The zero-order valence-corrected chi connectivity index (χ0v) is 20.7. The lowest BCUT2D eigenvalue weighted by Gasteiger charge is -2.43. The van der Waals surface area contributed by atoms with Gasteiger partial charge in [-0.05, 0) is 47.9 Å². The van der Waals surface area contributed by atoms with E-state index >= 15 is 0 Å². The first-order chi connectivity index (χ1) is 16.9. The second kappa shape index (κ2) is 7.72. The number of para-hydroxylation sites is 1. The number of aromatic nitrogens is 1. The summed E-state index contributed by atoms with van der Waals surface area (Å²) in [6.07, 6.45) is 0.791. The van der Waals surface area contributed by atoms with E-state index in [4.69, 9.17) is 16.3 Å². The van der Waals surface area contributed by atoms with Crippen LogP contribution >= 0.6 is 34.7 Å². The average Bonchev–Trinajstić information content (AvgIpc) is 3.56. The molecule has 2 aliphatic heterocycles. The van der Waals surface area contributed by atoms with Crippen molar-refractivity contribution in [2.75, 3.05) is 0 Å². The molecule has 7 rings (SSSR count). The minimum absolute atomic E-state index is 0.0128. The molecule has 4 aliphatic rings. The molecule has 6 nitrogen and oxygen atoms in total. The van der Waals surface area contributed by atoms with E-state index in [-0.39, 0.29) is 39.5 Å². The first-order valence-electron chi connectivity index (χ1n) is 11.6. The average molecular weight is 526 g/mol. The van der Waals surface area contributed by atoms with Gasteiger partial charge in [0.25, 0.3) is 0 Å². The number of benzene rings is 2. The van der Waals surface area contributed by atoms with E-state index in [2.05, 4.69) is 0 Å². The first-order valence-corrected chi connectivity index (χ1v) is 13.7. The highest BCUT2D eigenvalue weighted by atomic mass is 35.5. The number of hydrogen-bond acceptors (Lipinski definition) is 7. The number of phenols is 1. The van der Waals surface area contributed by atoms with Crippen molar-refractivity contribution in [2.24, 2.45) is 29.6 Å². The molecule has 0 radical (unpaired) electrons. The van der Waals surface area contributed by atoms with Gasteiger partial charge in [-0.2, -0.15) is 0 Å². The number of esters is 2. The summed E-state index contributed by atoms with van der Waals surface area (Å²) in [7, 11) is 0. The molecule has 2 aliphatic carbocycles. The Morgan fingerprint density at radius 3 is 2.46 bits per heavy atom. The standard InChI is InChI=1S/C26H20ClNO5S2/c27-12-7-5-11(6-8-12)10-28-23-22(35-26(28)32)17(13-3-1-2-4-16(13)29)18-14-9-15(21(18)34-23)20-19(14)24(30)33-25(20)31/h1-8,14-15,17-21,29H,9-10H2. The second-order valence-corrected chi connectivity index (χ2v) is 12.4. The molecule has 1 aromatic heterocycles. The number of rotatable bonds is 3. The number of cyclic esters (lactones) is 2. The quantitative estimate of drug-likeness (QED) is 0.400. The Balaban J connectivity index is 1.38. The molecule has 7 atom stereocenters. The monoisotopic (exact) mass is 525 g/mol. The van der Waals surface area contributed by atoms with Crippen LogP contribution in [-0.2, 0) is 20.9 Å². The van der Waals surface area contributed by atoms with Crippen molar-refractivity contribution in [3.8, 4) is 5.75 Å². The lowest BCUT2D eigenvalue weighted by atomic mass is 9.68. The van der Waals surface area contributed by atoms with Gasteiger partial charge in [0.15, 0.2) is 0 Å². The molecule has 0 amide bonds. The normalized spacial score (nSPS) is 32.3. The van der Waals surface area contributed by atoms with Crippen molar-refractivity contribution in [3.63, 3.8) is 0 Å². The molecule has 3 heterocycles. The van der Waals surface area contributed by atoms with Crippen LogP contribution in [0.1, 0.15) is 28.3 Å². The van der Waals surface area contributed by atoms with Gasteiger partial charge < -0.3 is 9.84 Å². The molecule has 9 heteroatoms. The van der Waals surface area contributed by atoms with Crippen molar-refractivity contribution in [3.05, 3.63) is 79.2 Å². The molecule has 1 saturated heterocycles. The lowest BCUT2D eigenvalue weighted by Crippen LogP contribution is -2.43. The summed E-state index contributed by atoms with van der Waals surface area (Å²) < 4.78 is 6.87. The molecular formula is C26H20ClNO5S2. The lowest BCUT2D eigenvalue weighted by molar-refractivity contribution is -0.154. The van der Waals surface area contributed by atoms with Crippen LogP contribution in [0.5, 0.6) is 5.75 Å². The van der Waals surface area contributed by atoms with Gasteiger partial charge in [-0.1, -0.05) is 53.3 Å². The van der Waals surface area contributed by atoms with Crippen LogP contribution in [0.25, 0.3) is 0 Å². The molecule has 7 unspecified atom stereocenters. The Labute approximate surface area is 213 Å². The van der Waals surface area contributed by atoms with Crippen LogP contribution in [0.4, 0.5) is 0 Å². The number of hydrogen-bond donors (Lipinski definition) is 1. The maximum absolute atomic E-state index is 13.3. The Hall–Kier alpha value is -2.55. The number of thiazole rings is 1. The summed E-state index contributed by atoms with van der Waals surface area (Å²) in [5.41, 5.74) is 1.74. The van der Waals surface area contributed by atoms with Crippen molar-refractivity contribution in [1.82, 2.24) is 4.57 Å². The number of aromatic hydroxyl groups is 1. The summed E-state index contributed by atoms with van der Waals surface area (Å²) in [5, 5.41) is 12.4. The van der Waals surface area contributed by atoms with E-state index in [0.29, 0.717) is 11.6 Å². The number of thioether (sulfide) groups is 1. The SMILES string of the molecule is O=C1OC(=O)C2C3CC(C4Sc5c(sc(=O)n5Cc5ccc(Cl)cc5)C(c5ccccc5O)C34)C12. The highest BCUT2D eigenvalue weighted by molar-refractivity contribution is 8.00. The zero-order chi connectivity index (χ0) is 24.0. The molecule has 3 aromatic rings. The number of nitrogens with zero attached hydrogens (tertiary/aromatic N) is 1. The fourth-order valence-electron chi connectivity index (χ4n) is 6.92. The van der Waals surface area contributed by atoms with E-state index < -0.39 is 23.8 Å². The van der Waals surface area contributed by atoms with Gasteiger partial charge in [0.05, 0.1) is 23.4 Å². The van der Waals surface area contributed by atoms with E-state index in [1.54, 1.807) is 28.5 Å². The highest BCUT2D eigenvalue weighted by Crippen LogP contribution is 2.68. The van der Waals surface area contributed by atoms with E-state index in [0.717, 1.165) is 27.5 Å². The molecule has 0 spiro atoms. The number of fused-ring (bicyclic) bond motifs is 9. The second-order valence-electron chi connectivity index (χ2n) is 9.80. The fourth-order valence-corrected chi connectivity index (χ4v) is 10.2. The summed E-state index contributed by atoms with van der Waals surface area (Å²) in [6, 6.07) is 14.7. The zero-order valence-electron chi connectivity index (χ0n) is 18.3. The van der Waals surface area contributed by atoms with Crippen molar-refractivity contribution in [1.29, 1.82) is 0 Å². The molecule has 35 heavy (non-hydrogen) atoms. The minimum atomic E-state index is -0.419. The van der Waals surface area contributed by atoms with Crippen molar-refractivity contribution in [2.45, 2.75) is 29.2 Å². The third kappa shape index (κ3) is 3.06. The minimum Gasteiger partial charge on any atom is -0.508 e. The first kappa shape index (κ1) is 21.7. The number of halogens is 1. The van der Waals surface area contributed by atoms with Gasteiger partial charge in [0, 0.05) is 26.6 Å². The third-order valence-corrected chi connectivity index (χ3v) is 11.3. The largest absolute Gasteiger partial charge is 0.508 e. The van der Waals surface area contributed by atoms with Gasteiger partial charge in [0.1, 0.15) is 5.75 Å². The number of ether oxygens (including phenoxy) is 1. The smallest absolute Gasteiger partial charge is 0.317 e. The number of carbonyl (C=O) groups is 2. The molecule has 3 fully saturated rings. The Bertz CT molecular complexity index is 1450. The van der Waals surface area contributed by atoms with E-state index in [1.807, 2.05) is 36.4 Å². The Morgan fingerprint density at radius 1 is 1.00 bits per heavy atom. The summed E-state index contributed by atoms with van der Waals surface area (Å²) >= 11 is 8.93. The molecule has 2 bridgehead atoms. The fraction of sp³-hybridized carbons (Fsp3) is 0.346. The topological polar surface area (TPSA) is 85.6 Å². The predicted octanol–water partition coefficient (Wildman–Crippen LogP) is 4.51. The Morgan fingerprint density at radius 2 is 1.71 bits per heavy atom. The van der Waals surface area contributed by atoms with Gasteiger partial charge in [-0.3, -0.25) is 19.0 Å². The maximum atomic E-state index is 13.3. The molecule has 2 saturated carbocycles. The van der Waals surface area contributed by atoms with Gasteiger partial charge in [-0.25, -0.2) is 0 Å². The van der Waals surface area contributed by atoms with Gasteiger partial charge >= 0.3 is 16.8 Å². The number of phenolic OH excluding ortho intramolecular Hbond substituents is 1. The Kier molecular flexibility index (Phi) is 4.79. The highest BCUT2D eigenvalue weighted by Gasteiger charge is 2.69.